The van der Waals surface area contributed by atoms with Gasteiger partial charge in [0.1, 0.15) is 10.7 Å². The van der Waals surface area contributed by atoms with E-state index in [1.54, 1.807) is 0 Å². The Morgan fingerprint density at radius 3 is 2.83 bits per heavy atom. The molecule has 1 atom stereocenters. The first kappa shape index (κ1) is 21.1. The molecule has 1 heterocycles. The van der Waals surface area contributed by atoms with Crippen molar-refractivity contribution in [2.75, 3.05) is 26.2 Å². The highest BCUT2D eigenvalue weighted by Gasteiger charge is 2.31. The quantitative estimate of drug-likeness (QED) is 0.761. The lowest BCUT2D eigenvalue weighted by atomic mass is 10.00. The number of sulfonamides is 1. The fraction of sp³-hybridized carbons (Fsp3) is 0.500. The highest BCUT2D eigenvalue weighted by atomic mass is 35.5. The minimum absolute atomic E-state index is 0. The molecule has 6 nitrogen and oxygen atoms in total. The van der Waals surface area contributed by atoms with E-state index < -0.39 is 21.8 Å². The summed E-state index contributed by atoms with van der Waals surface area (Å²) in [5.74, 6) is -1.62. The zero-order valence-corrected chi connectivity index (χ0v) is 15.1. The zero-order valence-electron chi connectivity index (χ0n) is 12.7. The van der Waals surface area contributed by atoms with E-state index in [2.05, 4.69) is 5.32 Å². The van der Waals surface area contributed by atoms with Gasteiger partial charge in [0.15, 0.2) is 0 Å². The Morgan fingerprint density at radius 1 is 1.46 bits per heavy atom. The minimum atomic E-state index is -3.87. The molecule has 1 unspecified atom stereocenters. The van der Waals surface area contributed by atoms with Crippen molar-refractivity contribution in [2.24, 2.45) is 5.92 Å². The molecular weight excluding hydrogens is 382 g/mol. The maximum atomic E-state index is 13.4. The van der Waals surface area contributed by atoms with Crippen LogP contribution in [0.15, 0.2) is 23.1 Å². The molecule has 0 aromatic heterocycles. The van der Waals surface area contributed by atoms with E-state index in [1.165, 1.54) is 10.4 Å². The molecular formula is C14H19Cl2FN2O4S. The van der Waals surface area contributed by atoms with Gasteiger partial charge in [-0.1, -0.05) is 11.6 Å². The number of hydrogen-bond acceptors (Lipinski definition) is 4. The van der Waals surface area contributed by atoms with Gasteiger partial charge in [0.05, 0.1) is 11.6 Å². The van der Waals surface area contributed by atoms with Crippen molar-refractivity contribution >= 4 is 40.0 Å². The summed E-state index contributed by atoms with van der Waals surface area (Å²) in [6.45, 7) is 0.834. The third-order valence-electron chi connectivity index (χ3n) is 3.70. The van der Waals surface area contributed by atoms with Gasteiger partial charge in [0.25, 0.3) is 0 Å². The van der Waals surface area contributed by atoms with Gasteiger partial charge >= 0.3 is 5.97 Å². The SMILES string of the molecule is Cl.O=C(O)CNCC1CCCN(S(=O)(=O)c2cc(F)ccc2Cl)C1. The zero-order chi connectivity index (χ0) is 17.0. The van der Waals surface area contributed by atoms with E-state index in [0.717, 1.165) is 18.6 Å². The topological polar surface area (TPSA) is 86.7 Å². The Morgan fingerprint density at radius 2 is 2.17 bits per heavy atom. The smallest absolute Gasteiger partial charge is 0.317 e. The average Bonchev–Trinajstić information content (AvgIpc) is 2.49. The fourth-order valence-corrected chi connectivity index (χ4v) is 4.65. The Kier molecular flexibility index (Phi) is 7.88. The van der Waals surface area contributed by atoms with E-state index in [9.17, 15) is 17.6 Å². The second kappa shape index (κ2) is 8.96. The lowest BCUT2D eigenvalue weighted by molar-refractivity contribution is -0.136. The van der Waals surface area contributed by atoms with Crippen LogP contribution in [0.2, 0.25) is 5.02 Å². The van der Waals surface area contributed by atoms with Crippen LogP contribution in [-0.4, -0.2) is 50.0 Å². The van der Waals surface area contributed by atoms with Crippen molar-refractivity contribution in [2.45, 2.75) is 17.7 Å². The maximum absolute atomic E-state index is 13.4. The summed E-state index contributed by atoms with van der Waals surface area (Å²) >= 11 is 5.90. The van der Waals surface area contributed by atoms with Crippen LogP contribution in [0.4, 0.5) is 4.39 Å². The normalized spacial score (nSPS) is 18.8. The molecule has 10 heteroatoms. The Labute approximate surface area is 151 Å². The van der Waals surface area contributed by atoms with Crippen molar-refractivity contribution in [3.05, 3.63) is 29.0 Å². The Hall–Kier alpha value is -0.930. The second-order valence-electron chi connectivity index (χ2n) is 5.47. The molecule has 24 heavy (non-hydrogen) atoms. The number of halogens is 3. The van der Waals surface area contributed by atoms with Crippen LogP contribution < -0.4 is 5.32 Å². The molecule has 0 amide bonds. The van der Waals surface area contributed by atoms with E-state index in [0.29, 0.717) is 19.5 Å². The van der Waals surface area contributed by atoms with Gasteiger partial charge < -0.3 is 10.4 Å². The van der Waals surface area contributed by atoms with Gasteiger partial charge in [0, 0.05) is 13.1 Å². The van der Waals surface area contributed by atoms with Crippen molar-refractivity contribution in [3.63, 3.8) is 0 Å². The lowest BCUT2D eigenvalue weighted by Gasteiger charge is -2.32. The molecule has 1 aromatic carbocycles. The molecule has 1 saturated heterocycles. The van der Waals surface area contributed by atoms with Gasteiger partial charge in [0.2, 0.25) is 10.0 Å². The fourth-order valence-electron chi connectivity index (χ4n) is 2.61. The molecule has 136 valence electrons. The molecule has 1 aromatic rings. The van der Waals surface area contributed by atoms with Gasteiger partial charge in [-0.2, -0.15) is 4.31 Å². The molecule has 2 N–H and O–H groups in total. The lowest BCUT2D eigenvalue weighted by Crippen LogP contribution is -2.43. The number of carboxylic acid groups (broad SMARTS) is 1. The first-order valence-corrected chi connectivity index (χ1v) is 9.00. The average molecular weight is 401 g/mol. The van der Waals surface area contributed by atoms with E-state index in [1.807, 2.05) is 0 Å². The van der Waals surface area contributed by atoms with Crippen LogP contribution >= 0.6 is 24.0 Å². The van der Waals surface area contributed by atoms with Crippen molar-refractivity contribution < 1.29 is 22.7 Å². The Balaban J connectivity index is 0.00000288. The number of nitrogens with one attached hydrogen (secondary N) is 1. The summed E-state index contributed by atoms with van der Waals surface area (Å²) in [4.78, 5) is 10.3. The summed E-state index contributed by atoms with van der Waals surface area (Å²) in [6.07, 6.45) is 1.46. The van der Waals surface area contributed by atoms with Gasteiger partial charge in [-0.05, 0) is 43.5 Å². The summed E-state index contributed by atoms with van der Waals surface area (Å²) in [5, 5.41) is 11.4. The summed E-state index contributed by atoms with van der Waals surface area (Å²) in [7, 11) is -3.87. The highest BCUT2D eigenvalue weighted by molar-refractivity contribution is 7.89. The number of rotatable bonds is 6. The number of carbonyl (C=O) groups is 1. The first-order valence-electron chi connectivity index (χ1n) is 7.18. The molecule has 2 rings (SSSR count). The predicted molar refractivity (Wildman–Crippen MR) is 90.6 cm³/mol. The van der Waals surface area contributed by atoms with Gasteiger partial charge in [-0.15, -0.1) is 12.4 Å². The van der Waals surface area contributed by atoms with Crippen LogP contribution in [0.1, 0.15) is 12.8 Å². The van der Waals surface area contributed by atoms with E-state index >= 15 is 0 Å². The summed E-state index contributed by atoms with van der Waals surface area (Å²) < 4.78 is 39.9. The summed E-state index contributed by atoms with van der Waals surface area (Å²) in [6, 6.07) is 3.25. The van der Waals surface area contributed by atoms with E-state index in [4.69, 9.17) is 16.7 Å². The van der Waals surface area contributed by atoms with Crippen molar-refractivity contribution in [3.8, 4) is 0 Å². The molecule has 1 aliphatic rings. The number of aliphatic carboxylic acids is 1. The molecule has 0 radical (unpaired) electrons. The summed E-state index contributed by atoms with van der Waals surface area (Å²) in [5.41, 5.74) is 0. The predicted octanol–water partition coefficient (Wildman–Crippen LogP) is 1.98. The van der Waals surface area contributed by atoms with Crippen molar-refractivity contribution in [1.82, 2.24) is 9.62 Å². The molecule has 0 saturated carbocycles. The molecule has 0 aliphatic carbocycles. The van der Waals surface area contributed by atoms with Crippen LogP contribution in [0.25, 0.3) is 0 Å². The van der Waals surface area contributed by atoms with E-state index in [-0.39, 0.29) is 41.3 Å². The Bertz CT molecular complexity index is 687. The number of hydrogen-bond donors (Lipinski definition) is 2. The molecule has 1 aliphatic heterocycles. The number of benzene rings is 1. The third kappa shape index (κ3) is 5.29. The van der Waals surface area contributed by atoms with Crippen molar-refractivity contribution in [1.29, 1.82) is 0 Å². The van der Waals surface area contributed by atoms with Crippen LogP contribution in [-0.2, 0) is 14.8 Å². The number of nitrogens with zero attached hydrogens (tertiary/aromatic N) is 1. The standard InChI is InChI=1S/C14H18ClFN2O4S.ClH/c15-12-4-3-11(16)6-13(12)23(21,22)18-5-1-2-10(9-18)7-17-8-14(19)20;/h3-4,6,10,17H,1-2,5,7-9H2,(H,19,20);1H. The largest absolute Gasteiger partial charge is 0.480 e. The van der Waals surface area contributed by atoms with Gasteiger partial charge in [-0.25, -0.2) is 12.8 Å². The van der Waals surface area contributed by atoms with Gasteiger partial charge in [-0.3, -0.25) is 4.79 Å². The molecule has 0 bridgehead atoms. The molecule has 1 fully saturated rings. The second-order valence-corrected chi connectivity index (χ2v) is 7.78. The minimum Gasteiger partial charge on any atom is -0.480 e. The monoisotopic (exact) mass is 400 g/mol. The molecule has 0 spiro atoms. The maximum Gasteiger partial charge on any atom is 0.317 e. The number of piperidine rings is 1. The highest BCUT2D eigenvalue weighted by Crippen LogP contribution is 2.28. The van der Waals surface area contributed by atoms with Crippen LogP contribution in [0, 0.1) is 11.7 Å². The third-order valence-corrected chi connectivity index (χ3v) is 6.05. The van der Waals surface area contributed by atoms with Crippen LogP contribution in [0.3, 0.4) is 0 Å². The first-order chi connectivity index (χ1) is 10.8. The number of carboxylic acids is 1. The van der Waals surface area contributed by atoms with Crippen LogP contribution in [0.5, 0.6) is 0 Å².